The van der Waals surface area contributed by atoms with E-state index in [9.17, 15) is 27.5 Å². The number of nitrogens with one attached hydrogen (secondary N) is 1. The molecule has 0 saturated heterocycles. The van der Waals surface area contributed by atoms with E-state index in [0.717, 1.165) is 6.20 Å². The Hall–Kier alpha value is -1.90. The predicted octanol–water partition coefficient (Wildman–Crippen LogP) is 5.52. The van der Waals surface area contributed by atoms with Crippen molar-refractivity contribution in [2.75, 3.05) is 0 Å². The first-order valence-electron chi connectivity index (χ1n) is 9.16. The van der Waals surface area contributed by atoms with E-state index < -0.39 is 46.2 Å². The maximum Gasteiger partial charge on any atom is 0.417 e. The molecule has 162 valence electrons. The molecule has 0 spiro atoms. The molecule has 1 fully saturated rings. The summed E-state index contributed by atoms with van der Waals surface area (Å²) in [6.07, 6.45) is -4.78. The van der Waals surface area contributed by atoms with E-state index in [2.05, 4.69) is 10.3 Å². The number of alkyl halides is 4. The van der Waals surface area contributed by atoms with Crippen molar-refractivity contribution in [3.05, 3.63) is 63.4 Å². The van der Waals surface area contributed by atoms with Gasteiger partial charge < -0.3 is 10.4 Å². The van der Waals surface area contributed by atoms with Crippen molar-refractivity contribution in [3.63, 3.8) is 0 Å². The molecule has 0 bridgehead atoms. The third kappa shape index (κ3) is 4.71. The highest BCUT2D eigenvalue weighted by Gasteiger charge is 2.43. The standard InChI is InChI=1S/C20H18Cl2F4N2O2/c21-14-4-2-1-3-12(14)17(19(30)8-5-11(23)6-9-19)28-18(29)16-15(22)13(7-10-27-16)20(24,25)26/h1-4,7,10-11,17,30H,5-6,8-9H2,(H,28,29)/t11-,17?,19-. The summed E-state index contributed by atoms with van der Waals surface area (Å²) in [6, 6.07) is 5.99. The average Bonchev–Trinajstić information content (AvgIpc) is 2.68. The van der Waals surface area contributed by atoms with Crippen molar-refractivity contribution in [1.29, 1.82) is 0 Å². The number of hydrogen-bond acceptors (Lipinski definition) is 3. The van der Waals surface area contributed by atoms with Crippen molar-refractivity contribution in [1.82, 2.24) is 10.3 Å². The molecular weight excluding hydrogens is 447 g/mol. The number of carbonyl (C=O) groups excluding carboxylic acids is 1. The molecule has 1 unspecified atom stereocenters. The van der Waals surface area contributed by atoms with Gasteiger partial charge in [0.25, 0.3) is 5.91 Å². The summed E-state index contributed by atoms with van der Waals surface area (Å²) in [4.78, 5) is 16.5. The number of hydrogen-bond donors (Lipinski definition) is 2. The number of rotatable bonds is 4. The molecule has 1 amide bonds. The first-order chi connectivity index (χ1) is 14.0. The number of nitrogens with zero attached hydrogens (tertiary/aromatic N) is 1. The second kappa shape index (κ2) is 8.69. The van der Waals surface area contributed by atoms with Crippen LogP contribution in [0.4, 0.5) is 17.6 Å². The second-order valence-electron chi connectivity index (χ2n) is 7.23. The van der Waals surface area contributed by atoms with Crippen molar-refractivity contribution < 1.29 is 27.5 Å². The highest BCUT2D eigenvalue weighted by Crippen LogP contribution is 2.42. The van der Waals surface area contributed by atoms with Crippen molar-refractivity contribution in [2.24, 2.45) is 0 Å². The fraction of sp³-hybridized carbons (Fsp3) is 0.400. The van der Waals surface area contributed by atoms with Gasteiger partial charge in [0.05, 0.1) is 22.2 Å². The first kappa shape index (κ1) is 22.8. The molecule has 1 aliphatic rings. The van der Waals surface area contributed by atoms with E-state index in [4.69, 9.17) is 23.2 Å². The van der Waals surface area contributed by atoms with Crippen LogP contribution >= 0.6 is 23.2 Å². The molecule has 2 N–H and O–H groups in total. The van der Waals surface area contributed by atoms with Crippen LogP contribution in [0.3, 0.4) is 0 Å². The minimum atomic E-state index is -4.77. The van der Waals surface area contributed by atoms with Crippen LogP contribution in [0.25, 0.3) is 0 Å². The fourth-order valence-corrected chi connectivity index (χ4v) is 4.15. The summed E-state index contributed by atoms with van der Waals surface area (Å²) in [6.45, 7) is 0. The van der Waals surface area contributed by atoms with Gasteiger partial charge in [-0.2, -0.15) is 13.2 Å². The van der Waals surface area contributed by atoms with E-state index in [-0.39, 0.29) is 30.7 Å². The Morgan fingerprint density at radius 2 is 1.83 bits per heavy atom. The van der Waals surface area contributed by atoms with Gasteiger partial charge in [-0.05, 0) is 43.4 Å². The normalized spacial score (nSPS) is 23.1. The second-order valence-corrected chi connectivity index (χ2v) is 8.01. The molecule has 1 heterocycles. The van der Waals surface area contributed by atoms with Gasteiger partial charge in [0.2, 0.25) is 0 Å². The Balaban J connectivity index is 1.98. The summed E-state index contributed by atoms with van der Waals surface area (Å²) >= 11 is 12.1. The Kier molecular flexibility index (Phi) is 6.60. The lowest BCUT2D eigenvalue weighted by molar-refractivity contribution is -0.137. The highest BCUT2D eigenvalue weighted by molar-refractivity contribution is 6.34. The molecule has 30 heavy (non-hydrogen) atoms. The number of carbonyl (C=O) groups is 1. The number of benzene rings is 1. The van der Waals surface area contributed by atoms with Crippen LogP contribution in [0.2, 0.25) is 10.0 Å². The summed E-state index contributed by atoms with van der Waals surface area (Å²) < 4.78 is 53.0. The molecule has 4 nitrogen and oxygen atoms in total. The first-order valence-corrected chi connectivity index (χ1v) is 9.92. The number of amides is 1. The molecule has 0 aliphatic heterocycles. The minimum Gasteiger partial charge on any atom is -0.387 e. The minimum absolute atomic E-state index is 0.0358. The lowest BCUT2D eigenvalue weighted by Crippen LogP contribution is -2.48. The van der Waals surface area contributed by atoms with Gasteiger partial charge in [0, 0.05) is 11.2 Å². The average molecular weight is 465 g/mol. The SMILES string of the molecule is O=C(NC(c1ccccc1Cl)[C@]1(O)CC[C@H](F)CC1)c1nccc(C(F)(F)F)c1Cl. The molecular formula is C20H18Cl2F4N2O2. The third-order valence-electron chi connectivity index (χ3n) is 5.22. The topological polar surface area (TPSA) is 62.2 Å². The van der Waals surface area contributed by atoms with Crippen LogP contribution in [0.5, 0.6) is 0 Å². The highest BCUT2D eigenvalue weighted by atomic mass is 35.5. The van der Waals surface area contributed by atoms with Crippen molar-refractivity contribution in [3.8, 4) is 0 Å². The number of halogens is 6. The van der Waals surface area contributed by atoms with Gasteiger partial charge in [-0.3, -0.25) is 4.79 Å². The van der Waals surface area contributed by atoms with Crippen LogP contribution < -0.4 is 5.32 Å². The van der Waals surface area contributed by atoms with Gasteiger partial charge in [-0.25, -0.2) is 9.37 Å². The molecule has 10 heteroatoms. The zero-order chi connectivity index (χ0) is 22.1. The maximum absolute atomic E-state index is 13.7. The van der Waals surface area contributed by atoms with Gasteiger partial charge in [0.1, 0.15) is 11.9 Å². The molecule has 2 aromatic rings. The maximum atomic E-state index is 13.7. The van der Waals surface area contributed by atoms with Crippen LogP contribution in [0, 0.1) is 0 Å². The van der Waals surface area contributed by atoms with Crippen molar-refractivity contribution in [2.45, 2.75) is 49.7 Å². The van der Waals surface area contributed by atoms with E-state index in [0.29, 0.717) is 11.6 Å². The van der Waals surface area contributed by atoms with E-state index in [1.807, 2.05) is 0 Å². The lowest BCUT2D eigenvalue weighted by Gasteiger charge is -2.41. The van der Waals surface area contributed by atoms with Crippen LogP contribution in [0.1, 0.15) is 53.3 Å². The summed E-state index contributed by atoms with van der Waals surface area (Å²) in [5, 5.41) is 13.1. The molecule has 1 saturated carbocycles. The molecule has 1 aromatic heterocycles. The van der Waals surface area contributed by atoms with Crippen LogP contribution in [-0.2, 0) is 6.18 Å². The quantitative estimate of drug-likeness (QED) is 0.585. The zero-order valence-corrected chi connectivity index (χ0v) is 17.0. The van der Waals surface area contributed by atoms with E-state index >= 15 is 0 Å². The van der Waals surface area contributed by atoms with Gasteiger partial charge in [-0.15, -0.1) is 0 Å². The number of aliphatic hydroxyl groups is 1. The fourth-order valence-electron chi connectivity index (χ4n) is 3.60. The predicted molar refractivity (Wildman–Crippen MR) is 104 cm³/mol. The Morgan fingerprint density at radius 3 is 2.43 bits per heavy atom. The third-order valence-corrected chi connectivity index (χ3v) is 5.95. The molecule has 1 aliphatic carbocycles. The van der Waals surface area contributed by atoms with E-state index in [1.54, 1.807) is 24.3 Å². The van der Waals surface area contributed by atoms with Gasteiger partial charge in [0.15, 0.2) is 0 Å². The van der Waals surface area contributed by atoms with Gasteiger partial charge in [-0.1, -0.05) is 41.4 Å². The zero-order valence-electron chi connectivity index (χ0n) is 15.5. The molecule has 1 atom stereocenters. The number of aromatic nitrogens is 1. The Bertz CT molecular complexity index is 931. The molecule has 0 radical (unpaired) electrons. The van der Waals surface area contributed by atoms with E-state index in [1.165, 1.54) is 0 Å². The van der Waals surface area contributed by atoms with Crippen LogP contribution in [-0.4, -0.2) is 27.8 Å². The number of pyridine rings is 1. The Morgan fingerprint density at radius 1 is 1.20 bits per heavy atom. The molecule has 1 aromatic carbocycles. The van der Waals surface area contributed by atoms with Crippen LogP contribution in [0.15, 0.2) is 36.5 Å². The monoisotopic (exact) mass is 464 g/mol. The van der Waals surface area contributed by atoms with Gasteiger partial charge >= 0.3 is 6.18 Å². The smallest absolute Gasteiger partial charge is 0.387 e. The summed E-state index contributed by atoms with van der Waals surface area (Å²) in [7, 11) is 0. The molecule has 3 rings (SSSR count). The lowest BCUT2D eigenvalue weighted by atomic mass is 9.76. The summed E-state index contributed by atoms with van der Waals surface area (Å²) in [5.74, 6) is -1.01. The largest absolute Gasteiger partial charge is 0.417 e. The Labute approximate surface area is 180 Å². The van der Waals surface area contributed by atoms with Crippen molar-refractivity contribution >= 4 is 29.1 Å². The summed E-state index contributed by atoms with van der Waals surface area (Å²) in [5.41, 5.74) is -3.02.